The van der Waals surface area contributed by atoms with Crippen molar-refractivity contribution in [1.29, 1.82) is 0 Å². The number of nitro groups is 2. The summed E-state index contributed by atoms with van der Waals surface area (Å²) in [5.74, 6) is -0.247. The number of nitrogens with zero attached hydrogens (tertiary/aromatic N) is 3. The van der Waals surface area contributed by atoms with E-state index in [0.717, 1.165) is 31.0 Å². The number of nitro benzene ring substituents is 2. The van der Waals surface area contributed by atoms with Gasteiger partial charge in [0.25, 0.3) is 11.4 Å². The summed E-state index contributed by atoms with van der Waals surface area (Å²) in [5.41, 5.74) is -1.51. The highest BCUT2D eigenvalue weighted by atomic mass is 16.6. The van der Waals surface area contributed by atoms with Gasteiger partial charge in [0.15, 0.2) is 0 Å². The van der Waals surface area contributed by atoms with Crippen LogP contribution in [-0.4, -0.2) is 21.9 Å². The molecule has 2 aromatic rings. The van der Waals surface area contributed by atoms with Gasteiger partial charge in [-0.1, -0.05) is 13.3 Å². The highest BCUT2D eigenvalue weighted by molar-refractivity contribution is 5.63. The summed E-state index contributed by atoms with van der Waals surface area (Å²) in [7, 11) is 1.33. The molecular weight excluding hydrogens is 334 g/mol. The monoisotopic (exact) mass is 349 g/mol. The van der Waals surface area contributed by atoms with E-state index in [9.17, 15) is 25.0 Å². The summed E-state index contributed by atoms with van der Waals surface area (Å²) < 4.78 is 10.2. The molecule has 0 unspecified atom stereocenters. The van der Waals surface area contributed by atoms with Crippen molar-refractivity contribution in [2.24, 2.45) is 0 Å². The van der Waals surface area contributed by atoms with Crippen LogP contribution < -0.4 is 10.4 Å². The van der Waals surface area contributed by atoms with Crippen molar-refractivity contribution in [2.75, 3.05) is 7.11 Å². The molecule has 0 saturated carbocycles. The number of aromatic nitrogens is 1. The number of non-ortho nitro benzene ring substituents is 2. The first kappa shape index (κ1) is 18.0. The molecule has 0 spiro atoms. The van der Waals surface area contributed by atoms with Gasteiger partial charge < -0.3 is 9.15 Å². The zero-order valence-electron chi connectivity index (χ0n) is 13.6. The van der Waals surface area contributed by atoms with Gasteiger partial charge in [-0.2, -0.15) is 4.98 Å². The lowest BCUT2D eigenvalue weighted by molar-refractivity contribution is -0.394. The lowest BCUT2D eigenvalue weighted by atomic mass is 10.1. The molecule has 0 aliphatic rings. The van der Waals surface area contributed by atoms with Crippen LogP contribution in [-0.2, 0) is 6.42 Å². The van der Waals surface area contributed by atoms with Gasteiger partial charge in [0.05, 0.1) is 34.1 Å². The lowest BCUT2D eigenvalue weighted by Crippen LogP contribution is -2.12. The minimum atomic E-state index is -0.776. The third kappa shape index (κ3) is 3.97. The number of hydrogen-bond acceptors (Lipinski definition) is 8. The Morgan fingerprint density at radius 3 is 2.24 bits per heavy atom. The Balaban J connectivity index is 2.62. The molecular formula is C15H15N3O7. The number of unbranched alkanes of at least 4 members (excludes halogenated alkanes) is 1. The molecule has 0 aliphatic carbocycles. The van der Waals surface area contributed by atoms with Crippen molar-refractivity contribution in [3.63, 3.8) is 0 Å². The van der Waals surface area contributed by atoms with Crippen LogP contribution in [0.5, 0.6) is 5.88 Å². The maximum absolute atomic E-state index is 12.2. The predicted octanol–water partition coefficient (Wildman–Crippen LogP) is 2.87. The Morgan fingerprint density at radius 2 is 1.76 bits per heavy atom. The van der Waals surface area contributed by atoms with E-state index >= 15 is 0 Å². The molecule has 1 aromatic heterocycles. The van der Waals surface area contributed by atoms with Crippen molar-refractivity contribution >= 4 is 11.4 Å². The molecule has 25 heavy (non-hydrogen) atoms. The Morgan fingerprint density at radius 1 is 1.16 bits per heavy atom. The van der Waals surface area contributed by atoms with E-state index < -0.39 is 26.8 Å². The molecule has 0 saturated heterocycles. The summed E-state index contributed by atoms with van der Waals surface area (Å²) in [6, 6.07) is 2.90. The minimum absolute atomic E-state index is 0.0360. The van der Waals surface area contributed by atoms with Crippen molar-refractivity contribution in [1.82, 2.24) is 4.98 Å². The number of benzene rings is 1. The van der Waals surface area contributed by atoms with E-state index in [1.54, 1.807) is 0 Å². The molecule has 0 amide bonds. The smallest absolute Gasteiger partial charge is 0.346 e. The Hall–Kier alpha value is -3.30. The van der Waals surface area contributed by atoms with Gasteiger partial charge in [-0.3, -0.25) is 20.2 Å². The van der Waals surface area contributed by atoms with Gasteiger partial charge in [-0.25, -0.2) is 4.79 Å². The molecule has 0 atom stereocenters. The average Bonchev–Trinajstić information content (AvgIpc) is 2.59. The van der Waals surface area contributed by atoms with E-state index in [0.29, 0.717) is 6.42 Å². The van der Waals surface area contributed by atoms with Crippen molar-refractivity contribution in [3.8, 4) is 17.3 Å². The maximum atomic E-state index is 12.2. The molecule has 0 N–H and O–H groups in total. The van der Waals surface area contributed by atoms with Gasteiger partial charge >= 0.3 is 5.63 Å². The summed E-state index contributed by atoms with van der Waals surface area (Å²) in [5, 5.41) is 21.9. The fourth-order valence-corrected chi connectivity index (χ4v) is 2.20. The second-order valence-electron chi connectivity index (χ2n) is 5.15. The van der Waals surface area contributed by atoms with E-state index in [1.165, 1.54) is 7.11 Å². The summed E-state index contributed by atoms with van der Waals surface area (Å²) in [4.78, 5) is 36.6. The second-order valence-corrected chi connectivity index (χ2v) is 5.15. The number of methoxy groups -OCH3 is 1. The highest BCUT2D eigenvalue weighted by Crippen LogP contribution is 2.29. The summed E-state index contributed by atoms with van der Waals surface area (Å²) >= 11 is 0. The Bertz CT molecular complexity index is 844. The van der Waals surface area contributed by atoms with Crippen LogP contribution >= 0.6 is 0 Å². The zero-order chi connectivity index (χ0) is 18.6. The van der Waals surface area contributed by atoms with Gasteiger partial charge in [0, 0.05) is 12.1 Å². The Labute approximate surface area is 141 Å². The highest BCUT2D eigenvalue weighted by Gasteiger charge is 2.21. The minimum Gasteiger partial charge on any atom is -0.481 e. The first-order valence-corrected chi connectivity index (χ1v) is 7.39. The third-order valence-corrected chi connectivity index (χ3v) is 3.44. The topological polar surface area (TPSA) is 139 Å². The fraction of sp³-hybridized carbons (Fsp3) is 0.333. The van der Waals surface area contributed by atoms with Crippen LogP contribution in [0.2, 0.25) is 0 Å². The fourth-order valence-electron chi connectivity index (χ4n) is 2.20. The van der Waals surface area contributed by atoms with Crippen molar-refractivity contribution < 1.29 is 19.0 Å². The molecule has 10 nitrogen and oxygen atoms in total. The SMILES string of the molecule is CCCCc1c(OC)nc(-c2cc([N+](=O)[O-])cc([N+](=O)[O-])c2)oc1=O. The zero-order valence-corrected chi connectivity index (χ0v) is 13.6. The number of hydrogen-bond donors (Lipinski definition) is 0. The standard InChI is InChI=1S/C15H15N3O7/c1-3-4-5-12-14(24-2)16-13(25-15(12)19)9-6-10(17(20)21)8-11(7-9)18(22)23/h6-8H,3-5H2,1-2H3. The van der Waals surface area contributed by atoms with E-state index in [1.807, 2.05) is 6.92 Å². The number of ether oxygens (including phenoxy) is 1. The van der Waals surface area contributed by atoms with Gasteiger partial charge in [-0.05, 0) is 12.8 Å². The second kappa shape index (κ2) is 7.51. The average molecular weight is 349 g/mol. The van der Waals surface area contributed by atoms with Gasteiger partial charge in [0.1, 0.15) is 0 Å². The van der Waals surface area contributed by atoms with Crippen LogP contribution in [0.4, 0.5) is 11.4 Å². The summed E-state index contributed by atoms with van der Waals surface area (Å²) in [6.45, 7) is 1.96. The molecule has 1 heterocycles. The van der Waals surface area contributed by atoms with E-state index in [4.69, 9.17) is 9.15 Å². The molecule has 10 heteroatoms. The first-order valence-electron chi connectivity index (χ1n) is 7.39. The van der Waals surface area contributed by atoms with E-state index in [2.05, 4.69) is 4.98 Å². The first-order chi connectivity index (χ1) is 11.9. The quantitative estimate of drug-likeness (QED) is 0.549. The van der Waals surface area contributed by atoms with Crippen LogP contribution in [0.3, 0.4) is 0 Å². The number of rotatable bonds is 7. The molecule has 0 aliphatic heterocycles. The molecule has 0 radical (unpaired) electrons. The van der Waals surface area contributed by atoms with Gasteiger partial charge in [-0.15, -0.1) is 0 Å². The predicted molar refractivity (Wildman–Crippen MR) is 86.7 cm³/mol. The van der Waals surface area contributed by atoms with Crippen LogP contribution in [0, 0.1) is 20.2 Å². The molecule has 132 valence electrons. The van der Waals surface area contributed by atoms with Crippen LogP contribution in [0.1, 0.15) is 25.3 Å². The lowest BCUT2D eigenvalue weighted by Gasteiger charge is -2.07. The largest absolute Gasteiger partial charge is 0.481 e. The van der Waals surface area contributed by atoms with Crippen molar-refractivity contribution in [2.45, 2.75) is 26.2 Å². The molecule has 2 rings (SSSR count). The van der Waals surface area contributed by atoms with E-state index in [-0.39, 0.29) is 22.9 Å². The Kier molecular flexibility index (Phi) is 5.42. The van der Waals surface area contributed by atoms with Crippen LogP contribution in [0.15, 0.2) is 27.4 Å². The molecule has 1 aromatic carbocycles. The summed E-state index contributed by atoms with van der Waals surface area (Å²) in [6.07, 6.45) is 1.98. The molecule has 0 bridgehead atoms. The maximum Gasteiger partial charge on any atom is 0.346 e. The molecule has 0 fully saturated rings. The normalized spacial score (nSPS) is 10.5. The third-order valence-electron chi connectivity index (χ3n) is 3.44. The van der Waals surface area contributed by atoms with Crippen LogP contribution in [0.25, 0.3) is 11.5 Å². The van der Waals surface area contributed by atoms with Gasteiger partial charge in [0.2, 0.25) is 11.8 Å². The van der Waals surface area contributed by atoms with Crippen molar-refractivity contribution in [3.05, 3.63) is 54.4 Å².